The van der Waals surface area contributed by atoms with E-state index >= 15 is 0 Å². The number of aliphatic hydroxyl groups excluding tert-OH is 2. The fourth-order valence-electron chi connectivity index (χ4n) is 1.77. The number of carbonyl (C=O) groups excluding carboxylic acids is 1. The predicted octanol–water partition coefficient (Wildman–Crippen LogP) is 2.23. The molecule has 0 aromatic heterocycles. The molecule has 0 bridgehead atoms. The quantitative estimate of drug-likeness (QED) is 0.571. The van der Waals surface area contributed by atoms with Gasteiger partial charge in [-0.3, -0.25) is 0 Å². The van der Waals surface area contributed by atoms with Crippen molar-refractivity contribution in [2.45, 2.75) is 52.4 Å². The van der Waals surface area contributed by atoms with Crippen molar-refractivity contribution in [3.05, 3.63) is 34.9 Å². The number of aliphatic hydroxyl groups is 2. The molecule has 1 rings (SSSR count). The molecule has 0 aliphatic carbocycles. The van der Waals surface area contributed by atoms with Gasteiger partial charge >= 0.3 is 5.97 Å². The summed E-state index contributed by atoms with van der Waals surface area (Å²) in [5, 5.41) is 19.3. The maximum Gasteiger partial charge on any atom is 0.333 e. The normalized spacial score (nSPS) is 20.9. The van der Waals surface area contributed by atoms with E-state index in [0.29, 0.717) is 24.8 Å². The van der Waals surface area contributed by atoms with Crippen LogP contribution in [0.5, 0.6) is 0 Å². The van der Waals surface area contributed by atoms with Gasteiger partial charge in [0, 0.05) is 11.6 Å². The van der Waals surface area contributed by atoms with Crippen molar-refractivity contribution in [1.29, 1.82) is 0 Å². The second-order valence-corrected chi connectivity index (χ2v) is 5.03. The first-order valence-electron chi connectivity index (χ1n) is 6.47. The first-order chi connectivity index (χ1) is 8.90. The first-order valence-corrected chi connectivity index (χ1v) is 6.47. The van der Waals surface area contributed by atoms with Crippen molar-refractivity contribution in [3.8, 4) is 0 Å². The third-order valence-corrected chi connectivity index (χ3v) is 3.02. The highest BCUT2D eigenvalue weighted by Gasteiger charge is 2.22. The predicted molar refractivity (Wildman–Crippen MR) is 73.2 cm³/mol. The summed E-state index contributed by atoms with van der Waals surface area (Å²) in [4.78, 5) is 10.9. The molecule has 1 heterocycles. The zero-order chi connectivity index (χ0) is 14.4. The second kappa shape index (κ2) is 7.26. The van der Waals surface area contributed by atoms with Crippen LogP contribution in [0.15, 0.2) is 34.9 Å². The van der Waals surface area contributed by atoms with Gasteiger partial charge in [-0.15, -0.1) is 0 Å². The van der Waals surface area contributed by atoms with E-state index in [9.17, 15) is 15.0 Å². The Kier molecular flexibility index (Phi) is 5.99. The lowest BCUT2D eigenvalue weighted by Crippen LogP contribution is -2.10. The van der Waals surface area contributed by atoms with Gasteiger partial charge in [-0.2, -0.15) is 0 Å². The van der Waals surface area contributed by atoms with E-state index < -0.39 is 18.4 Å². The van der Waals surface area contributed by atoms with Gasteiger partial charge < -0.3 is 14.9 Å². The Morgan fingerprint density at radius 3 is 2.63 bits per heavy atom. The highest BCUT2D eigenvalue weighted by molar-refractivity contribution is 5.85. The number of carbonyl (C=O) groups is 1. The molecule has 0 saturated carbocycles. The van der Waals surface area contributed by atoms with Crippen molar-refractivity contribution < 1.29 is 19.7 Å². The molecule has 0 radical (unpaired) electrons. The maximum atomic E-state index is 10.9. The van der Waals surface area contributed by atoms with Crippen LogP contribution < -0.4 is 0 Å². The van der Waals surface area contributed by atoms with E-state index in [1.54, 1.807) is 0 Å². The van der Waals surface area contributed by atoms with Crippen LogP contribution in [-0.2, 0) is 9.53 Å². The zero-order valence-corrected chi connectivity index (χ0v) is 11.7. The van der Waals surface area contributed by atoms with Gasteiger partial charge in [0.25, 0.3) is 0 Å². The van der Waals surface area contributed by atoms with Crippen LogP contribution in [-0.4, -0.2) is 28.6 Å². The lowest BCUT2D eigenvalue weighted by molar-refractivity contribution is -0.151. The minimum Gasteiger partial charge on any atom is -0.429 e. The molecular formula is C15H22O4. The topological polar surface area (TPSA) is 66.8 Å². The fraction of sp³-hybridized carbons (Fsp3) is 0.533. The molecular weight excluding hydrogens is 244 g/mol. The van der Waals surface area contributed by atoms with E-state index in [0.717, 1.165) is 5.57 Å². The standard InChI is InChI=1S/C15H22O4/c1-10(2)7-8-13(16)11(3)5-4-6-12-9-14(17)19-15(12)18/h5,7,9,13,15-16,18H,4,6,8H2,1-3H3/b11-5+/t13-,15-/m1/s1. The summed E-state index contributed by atoms with van der Waals surface area (Å²) in [5.41, 5.74) is 2.67. The molecule has 1 aliphatic rings. The number of rotatable bonds is 6. The third kappa shape index (κ3) is 5.41. The molecule has 0 aromatic rings. The molecule has 0 saturated heterocycles. The summed E-state index contributed by atoms with van der Waals surface area (Å²) in [6.07, 6.45) is 5.51. The Morgan fingerprint density at radius 2 is 2.11 bits per heavy atom. The van der Waals surface area contributed by atoms with Crippen LogP contribution in [0.1, 0.15) is 40.0 Å². The molecule has 0 fully saturated rings. The van der Waals surface area contributed by atoms with Crippen LogP contribution in [0.2, 0.25) is 0 Å². The SMILES string of the molecule is CC(C)=CC[C@@H](O)/C(C)=C/CCC1=CC(=O)O[C@H]1O. The molecule has 4 heteroatoms. The van der Waals surface area contributed by atoms with Gasteiger partial charge in [0.05, 0.1) is 6.10 Å². The highest BCUT2D eigenvalue weighted by atomic mass is 16.6. The Labute approximate surface area is 114 Å². The average Bonchev–Trinajstić information content (AvgIpc) is 2.64. The second-order valence-electron chi connectivity index (χ2n) is 5.03. The van der Waals surface area contributed by atoms with Crippen LogP contribution in [0.4, 0.5) is 0 Å². The van der Waals surface area contributed by atoms with E-state index in [-0.39, 0.29) is 0 Å². The zero-order valence-electron chi connectivity index (χ0n) is 11.7. The van der Waals surface area contributed by atoms with Gasteiger partial charge in [0.15, 0.2) is 0 Å². The molecule has 0 amide bonds. The molecule has 0 unspecified atom stereocenters. The number of cyclic esters (lactones) is 1. The van der Waals surface area contributed by atoms with E-state index in [2.05, 4.69) is 4.74 Å². The van der Waals surface area contributed by atoms with E-state index in [1.165, 1.54) is 11.6 Å². The monoisotopic (exact) mass is 266 g/mol. The highest BCUT2D eigenvalue weighted by Crippen LogP contribution is 2.19. The lowest BCUT2D eigenvalue weighted by Gasteiger charge is -2.10. The van der Waals surface area contributed by atoms with E-state index in [1.807, 2.05) is 32.9 Å². The summed E-state index contributed by atoms with van der Waals surface area (Å²) in [6.45, 7) is 5.87. The Bertz CT molecular complexity index is 414. The van der Waals surface area contributed by atoms with Gasteiger partial charge in [-0.1, -0.05) is 17.7 Å². The van der Waals surface area contributed by atoms with Crippen molar-refractivity contribution in [2.24, 2.45) is 0 Å². The molecule has 0 spiro atoms. The minimum atomic E-state index is -1.10. The minimum absolute atomic E-state index is 0.477. The van der Waals surface area contributed by atoms with Crippen LogP contribution in [0.3, 0.4) is 0 Å². The summed E-state index contributed by atoms with van der Waals surface area (Å²) < 4.78 is 4.59. The van der Waals surface area contributed by atoms with Crippen LogP contribution >= 0.6 is 0 Å². The van der Waals surface area contributed by atoms with Gasteiger partial charge in [-0.25, -0.2) is 4.79 Å². The molecule has 2 N–H and O–H groups in total. The van der Waals surface area contributed by atoms with Crippen LogP contribution in [0, 0.1) is 0 Å². The summed E-state index contributed by atoms with van der Waals surface area (Å²) in [6, 6.07) is 0. The molecule has 4 nitrogen and oxygen atoms in total. The molecule has 2 atom stereocenters. The molecule has 1 aliphatic heterocycles. The number of esters is 1. The lowest BCUT2D eigenvalue weighted by atomic mass is 10.0. The summed E-state index contributed by atoms with van der Waals surface area (Å²) in [7, 11) is 0. The van der Waals surface area contributed by atoms with Gasteiger partial charge in [-0.05, 0) is 45.6 Å². The molecule has 0 aromatic carbocycles. The van der Waals surface area contributed by atoms with Crippen molar-refractivity contribution >= 4 is 5.97 Å². The van der Waals surface area contributed by atoms with Crippen molar-refractivity contribution in [2.75, 3.05) is 0 Å². The van der Waals surface area contributed by atoms with E-state index in [4.69, 9.17) is 0 Å². The Balaban J connectivity index is 2.42. The van der Waals surface area contributed by atoms with Crippen molar-refractivity contribution in [1.82, 2.24) is 0 Å². The summed E-state index contributed by atoms with van der Waals surface area (Å²) in [5.74, 6) is -0.494. The smallest absolute Gasteiger partial charge is 0.333 e. The fourth-order valence-corrected chi connectivity index (χ4v) is 1.77. The molecule has 106 valence electrons. The number of ether oxygens (including phenoxy) is 1. The average molecular weight is 266 g/mol. The summed E-state index contributed by atoms with van der Waals surface area (Å²) >= 11 is 0. The number of hydrogen-bond acceptors (Lipinski definition) is 4. The van der Waals surface area contributed by atoms with Crippen molar-refractivity contribution in [3.63, 3.8) is 0 Å². The Morgan fingerprint density at radius 1 is 1.42 bits per heavy atom. The van der Waals surface area contributed by atoms with Gasteiger partial charge in [0.1, 0.15) is 0 Å². The van der Waals surface area contributed by atoms with Crippen LogP contribution in [0.25, 0.3) is 0 Å². The number of hydrogen-bond donors (Lipinski definition) is 2. The molecule has 19 heavy (non-hydrogen) atoms. The maximum absolute atomic E-state index is 10.9. The third-order valence-electron chi connectivity index (χ3n) is 3.02. The first kappa shape index (κ1) is 15.7. The number of allylic oxidation sites excluding steroid dienone is 2. The largest absolute Gasteiger partial charge is 0.429 e. The van der Waals surface area contributed by atoms with Gasteiger partial charge in [0.2, 0.25) is 6.29 Å². The Hall–Kier alpha value is -1.39.